The molecule has 0 amide bonds. The molecule has 0 spiro atoms. The Morgan fingerprint density at radius 3 is 2.26 bits per heavy atom. The molecule has 8 heteroatoms. The number of methoxy groups -OCH3 is 2. The second kappa shape index (κ2) is 6.17. The zero-order chi connectivity index (χ0) is 19.2. The molecule has 2 aromatic carbocycles. The van der Waals surface area contributed by atoms with Crippen molar-refractivity contribution in [2.24, 2.45) is 0 Å². The van der Waals surface area contributed by atoms with Crippen molar-refractivity contribution in [3.05, 3.63) is 66.1 Å². The van der Waals surface area contributed by atoms with E-state index in [1.807, 2.05) is 0 Å². The summed E-state index contributed by atoms with van der Waals surface area (Å²) in [7, 11) is -0.920. The fourth-order valence-electron chi connectivity index (χ4n) is 3.19. The lowest BCUT2D eigenvalue weighted by atomic mass is 10.2. The molecule has 7 nitrogen and oxygen atoms in total. The molecule has 0 saturated carbocycles. The van der Waals surface area contributed by atoms with Crippen molar-refractivity contribution in [3.8, 4) is 11.5 Å². The van der Waals surface area contributed by atoms with Crippen LogP contribution in [0.5, 0.6) is 11.5 Å². The number of benzene rings is 2. The quantitative estimate of drug-likeness (QED) is 0.399. The molecule has 0 aliphatic carbocycles. The minimum atomic E-state index is -3.90. The lowest BCUT2D eigenvalue weighted by Crippen LogP contribution is -2.24. The Hall–Kier alpha value is -3.26. The van der Waals surface area contributed by atoms with Crippen LogP contribution in [0.25, 0.3) is 21.8 Å². The third-order valence-corrected chi connectivity index (χ3v) is 6.16. The van der Waals surface area contributed by atoms with E-state index in [-0.39, 0.29) is 4.90 Å². The monoisotopic (exact) mass is 384 g/mol. The van der Waals surface area contributed by atoms with Crippen molar-refractivity contribution < 1.29 is 22.6 Å². The molecule has 0 unspecified atom stereocenters. The van der Waals surface area contributed by atoms with Crippen LogP contribution in [0, 0.1) is 5.21 Å². The van der Waals surface area contributed by atoms with E-state index in [1.54, 1.807) is 30.3 Å². The Morgan fingerprint density at radius 2 is 1.59 bits per heavy atom. The van der Waals surface area contributed by atoms with Gasteiger partial charge < -0.3 is 14.7 Å². The number of pyridine rings is 1. The number of nitrogens with zero attached hydrogens (tertiary/aromatic N) is 2. The van der Waals surface area contributed by atoms with Crippen LogP contribution in [0.3, 0.4) is 0 Å². The predicted molar refractivity (Wildman–Crippen MR) is 101 cm³/mol. The van der Waals surface area contributed by atoms with Crippen LogP contribution < -0.4 is 14.2 Å². The summed E-state index contributed by atoms with van der Waals surface area (Å²) < 4.78 is 39.3. The summed E-state index contributed by atoms with van der Waals surface area (Å²) in [5, 5.41) is 12.9. The Labute approximate surface area is 155 Å². The van der Waals surface area contributed by atoms with Crippen LogP contribution >= 0.6 is 0 Å². The van der Waals surface area contributed by atoms with Gasteiger partial charge in [-0.1, -0.05) is 18.2 Å². The lowest BCUT2D eigenvalue weighted by molar-refractivity contribution is -0.603. The molecular weight excluding hydrogens is 368 g/mol. The highest BCUT2D eigenvalue weighted by Crippen LogP contribution is 2.38. The van der Waals surface area contributed by atoms with Gasteiger partial charge in [0.15, 0.2) is 23.9 Å². The van der Waals surface area contributed by atoms with Crippen molar-refractivity contribution in [1.29, 1.82) is 0 Å². The molecule has 0 fully saturated rings. The van der Waals surface area contributed by atoms with Crippen molar-refractivity contribution in [2.45, 2.75) is 4.90 Å². The number of fused-ring (bicyclic) bond motifs is 3. The van der Waals surface area contributed by atoms with Gasteiger partial charge >= 0.3 is 0 Å². The molecule has 4 aromatic rings. The highest BCUT2D eigenvalue weighted by Gasteiger charge is 2.25. The summed E-state index contributed by atoms with van der Waals surface area (Å²) in [6.07, 6.45) is 2.62. The summed E-state index contributed by atoms with van der Waals surface area (Å²) in [6, 6.07) is 12.9. The number of aromatic nitrogens is 2. The number of hydrogen-bond donors (Lipinski definition) is 0. The fraction of sp³-hybridized carbons (Fsp3) is 0.105. The summed E-state index contributed by atoms with van der Waals surface area (Å²) in [5.74, 6) is 0.842. The third kappa shape index (κ3) is 2.57. The van der Waals surface area contributed by atoms with Gasteiger partial charge in [0.2, 0.25) is 0 Å². The Morgan fingerprint density at radius 1 is 0.926 bits per heavy atom. The van der Waals surface area contributed by atoms with Gasteiger partial charge in [-0.05, 0) is 18.2 Å². The van der Waals surface area contributed by atoms with E-state index in [0.29, 0.717) is 38.0 Å². The van der Waals surface area contributed by atoms with Gasteiger partial charge in [-0.2, -0.15) is 4.73 Å². The molecule has 0 atom stereocenters. The van der Waals surface area contributed by atoms with Crippen LogP contribution in [-0.2, 0) is 10.0 Å². The van der Waals surface area contributed by atoms with Crippen molar-refractivity contribution in [2.75, 3.05) is 14.2 Å². The summed E-state index contributed by atoms with van der Waals surface area (Å²) >= 11 is 0. The van der Waals surface area contributed by atoms with E-state index in [0.717, 1.165) is 0 Å². The average molecular weight is 384 g/mol. The van der Waals surface area contributed by atoms with E-state index in [2.05, 4.69) is 0 Å². The van der Waals surface area contributed by atoms with Gasteiger partial charge in [0.05, 0.1) is 35.5 Å². The van der Waals surface area contributed by atoms with Crippen molar-refractivity contribution >= 4 is 31.8 Å². The number of ether oxygens (including phenoxy) is 2. The zero-order valence-electron chi connectivity index (χ0n) is 14.6. The maximum absolute atomic E-state index is 13.4. The van der Waals surface area contributed by atoms with Crippen molar-refractivity contribution in [3.63, 3.8) is 0 Å². The highest BCUT2D eigenvalue weighted by atomic mass is 32.2. The predicted octanol–water partition coefficient (Wildman–Crippen LogP) is 2.68. The minimum Gasteiger partial charge on any atom is -0.619 e. The van der Waals surface area contributed by atoms with Gasteiger partial charge in [-0.3, -0.25) is 0 Å². The smallest absolute Gasteiger partial charge is 0.268 e. The molecule has 0 saturated heterocycles. The topological polar surface area (TPSA) is 84.5 Å². The number of hydrogen-bond acceptors (Lipinski definition) is 5. The van der Waals surface area contributed by atoms with E-state index < -0.39 is 10.0 Å². The lowest BCUT2D eigenvalue weighted by Gasteiger charge is -2.11. The standard InChI is InChI=1S/C19H16N2O5S/c1-25-18-10-14-15-12-20(22)9-8-16(15)21(17(14)11-19(18)26-2)27(23,24)13-6-4-3-5-7-13/h3-12H,1-2H3. The Bertz CT molecular complexity index is 1260. The molecule has 4 rings (SSSR count). The summed E-state index contributed by atoms with van der Waals surface area (Å²) in [4.78, 5) is 0.150. The van der Waals surface area contributed by atoms with Crippen LogP contribution in [0.4, 0.5) is 0 Å². The number of rotatable bonds is 4. The van der Waals surface area contributed by atoms with Crippen LogP contribution in [-0.4, -0.2) is 26.6 Å². The van der Waals surface area contributed by atoms with Gasteiger partial charge in [-0.15, -0.1) is 0 Å². The maximum Gasteiger partial charge on any atom is 0.268 e. The molecule has 0 aliphatic rings. The van der Waals surface area contributed by atoms with Gasteiger partial charge in [0.1, 0.15) is 0 Å². The van der Waals surface area contributed by atoms with Gasteiger partial charge in [0, 0.05) is 17.5 Å². The maximum atomic E-state index is 13.4. The molecule has 2 aromatic heterocycles. The minimum absolute atomic E-state index is 0.150. The second-order valence-electron chi connectivity index (χ2n) is 5.91. The zero-order valence-corrected chi connectivity index (χ0v) is 15.4. The van der Waals surface area contributed by atoms with Crippen LogP contribution in [0.2, 0.25) is 0 Å². The van der Waals surface area contributed by atoms with Gasteiger partial charge in [-0.25, -0.2) is 12.4 Å². The second-order valence-corrected chi connectivity index (χ2v) is 7.70. The van der Waals surface area contributed by atoms with E-state index in [1.165, 1.54) is 48.8 Å². The molecule has 0 aliphatic heterocycles. The largest absolute Gasteiger partial charge is 0.619 e. The molecular formula is C19H16N2O5S. The molecule has 0 bridgehead atoms. The Balaban J connectivity index is 2.19. The molecule has 2 heterocycles. The molecule has 0 radical (unpaired) electrons. The van der Waals surface area contributed by atoms with E-state index >= 15 is 0 Å². The normalized spacial score (nSPS) is 11.8. The first-order valence-corrected chi connectivity index (χ1v) is 9.51. The third-order valence-electron chi connectivity index (χ3n) is 4.42. The highest BCUT2D eigenvalue weighted by molar-refractivity contribution is 7.90. The first-order valence-electron chi connectivity index (χ1n) is 8.07. The molecule has 138 valence electrons. The summed E-state index contributed by atoms with van der Waals surface area (Å²) in [6.45, 7) is 0. The van der Waals surface area contributed by atoms with Crippen LogP contribution in [0.15, 0.2) is 65.8 Å². The van der Waals surface area contributed by atoms with Crippen LogP contribution in [0.1, 0.15) is 0 Å². The van der Waals surface area contributed by atoms with E-state index in [4.69, 9.17) is 9.47 Å². The molecule has 0 N–H and O–H groups in total. The van der Waals surface area contributed by atoms with Gasteiger partial charge in [0.25, 0.3) is 10.0 Å². The fourth-order valence-corrected chi connectivity index (χ4v) is 4.73. The molecule has 27 heavy (non-hydrogen) atoms. The SMILES string of the molecule is COc1cc2c3c[n+]([O-])ccc3n(S(=O)(=O)c3ccccc3)c2cc1OC. The average Bonchev–Trinajstić information content (AvgIpc) is 3.00. The summed E-state index contributed by atoms with van der Waals surface area (Å²) in [5.41, 5.74) is 0.800. The van der Waals surface area contributed by atoms with E-state index in [9.17, 15) is 13.6 Å². The first-order chi connectivity index (χ1) is 13.0. The Kier molecular flexibility index (Phi) is 3.92. The van der Waals surface area contributed by atoms with Crippen molar-refractivity contribution in [1.82, 2.24) is 3.97 Å². The first kappa shape index (κ1) is 17.2.